The van der Waals surface area contributed by atoms with Crippen LogP contribution in [0.2, 0.25) is 0 Å². The van der Waals surface area contributed by atoms with Gasteiger partial charge in [-0.2, -0.15) is 0 Å². The minimum absolute atomic E-state index is 0.0654. The van der Waals surface area contributed by atoms with Crippen molar-refractivity contribution >= 4 is 5.97 Å². The van der Waals surface area contributed by atoms with Crippen LogP contribution < -0.4 is 4.74 Å². The summed E-state index contributed by atoms with van der Waals surface area (Å²) in [5, 5.41) is 0. The molecule has 1 aromatic rings. The third-order valence-corrected chi connectivity index (χ3v) is 3.25. The highest BCUT2D eigenvalue weighted by Gasteiger charge is 2.27. The molecule has 17 heavy (non-hydrogen) atoms. The predicted octanol–water partition coefficient (Wildman–Crippen LogP) is 2.80. The molecule has 0 radical (unpaired) electrons. The quantitative estimate of drug-likeness (QED) is 0.754. The number of hydrogen-bond acceptors (Lipinski definition) is 3. The van der Waals surface area contributed by atoms with Crippen molar-refractivity contribution < 1.29 is 14.3 Å². The van der Waals surface area contributed by atoms with E-state index in [1.54, 1.807) is 0 Å². The number of methoxy groups -OCH3 is 1. The number of para-hydroxylation sites is 1. The van der Waals surface area contributed by atoms with Crippen LogP contribution in [0.25, 0.3) is 0 Å². The van der Waals surface area contributed by atoms with Crippen molar-refractivity contribution in [2.24, 2.45) is 5.92 Å². The van der Waals surface area contributed by atoms with Crippen LogP contribution in [0.1, 0.15) is 25.7 Å². The normalized spacial score (nSPS) is 24.1. The third kappa shape index (κ3) is 3.22. The summed E-state index contributed by atoms with van der Waals surface area (Å²) in [6, 6.07) is 9.84. The minimum Gasteiger partial charge on any atom is -0.490 e. The second-order valence-corrected chi connectivity index (χ2v) is 4.43. The molecule has 0 bridgehead atoms. The Balaban J connectivity index is 1.82. The highest BCUT2D eigenvalue weighted by molar-refractivity contribution is 5.72. The monoisotopic (exact) mass is 234 g/mol. The summed E-state index contributed by atoms with van der Waals surface area (Å²) in [5.74, 6) is 0.896. The van der Waals surface area contributed by atoms with Crippen molar-refractivity contribution in [2.45, 2.75) is 31.8 Å². The largest absolute Gasteiger partial charge is 0.490 e. The smallest absolute Gasteiger partial charge is 0.308 e. The van der Waals surface area contributed by atoms with E-state index in [2.05, 4.69) is 0 Å². The molecule has 0 heterocycles. The summed E-state index contributed by atoms with van der Waals surface area (Å²) in [6.45, 7) is 0. The zero-order chi connectivity index (χ0) is 12.1. The molecule has 0 saturated heterocycles. The first-order valence-electron chi connectivity index (χ1n) is 6.09. The molecule has 92 valence electrons. The van der Waals surface area contributed by atoms with Crippen molar-refractivity contribution in [3.05, 3.63) is 30.3 Å². The third-order valence-electron chi connectivity index (χ3n) is 3.25. The van der Waals surface area contributed by atoms with Gasteiger partial charge in [0.2, 0.25) is 0 Å². The molecule has 0 unspecified atom stereocenters. The fraction of sp³-hybridized carbons (Fsp3) is 0.500. The van der Waals surface area contributed by atoms with Gasteiger partial charge in [-0.1, -0.05) is 18.2 Å². The first-order valence-corrected chi connectivity index (χ1v) is 6.09. The predicted molar refractivity (Wildman–Crippen MR) is 64.8 cm³/mol. The Morgan fingerprint density at radius 1 is 1.12 bits per heavy atom. The van der Waals surface area contributed by atoms with Gasteiger partial charge in [0.25, 0.3) is 0 Å². The molecule has 0 aromatic heterocycles. The maximum Gasteiger partial charge on any atom is 0.308 e. The first kappa shape index (κ1) is 12.0. The van der Waals surface area contributed by atoms with Gasteiger partial charge in [-0.05, 0) is 37.8 Å². The lowest BCUT2D eigenvalue weighted by atomic mass is 9.87. The lowest BCUT2D eigenvalue weighted by Gasteiger charge is -2.27. The molecule has 0 atom stereocenters. The number of carbonyl (C=O) groups is 1. The maximum absolute atomic E-state index is 11.4. The number of rotatable bonds is 3. The molecule has 1 saturated carbocycles. The zero-order valence-corrected chi connectivity index (χ0v) is 10.1. The van der Waals surface area contributed by atoms with Crippen LogP contribution in [-0.2, 0) is 9.53 Å². The summed E-state index contributed by atoms with van der Waals surface area (Å²) in [4.78, 5) is 11.4. The van der Waals surface area contributed by atoms with Crippen LogP contribution in [0.3, 0.4) is 0 Å². The minimum atomic E-state index is -0.0804. The Morgan fingerprint density at radius 2 is 1.76 bits per heavy atom. The van der Waals surface area contributed by atoms with Gasteiger partial charge in [-0.15, -0.1) is 0 Å². The number of ether oxygens (including phenoxy) is 2. The van der Waals surface area contributed by atoms with Gasteiger partial charge in [0.1, 0.15) is 5.75 Å². The van der Waals surface area contributed by atoms with Crippen molar-refractivity contribution in [3.8, 4) is 5.75 Å². The Labute approximate surface area is 102 Å². The summed E-state index contributed by atoms with van der Waals surface area (Å²) in [7, 11) is 1.45. The Kier molecular flexibility index (Phi) is 4.02. The zero-order valence-electron chi connectivity index (χ0n) is 10.1. The number of esters is 1. The van der Waals surface area contributed by atoms with E-state index in [9.17, 15) is 4.79 Å². The number of hydrogen-bond donors (Lipinski definition) is 0. The highest BCUT2D eigenvalue weighted by atomic mass is 16.5. The van der Waals surface area contributed by atoms with Gasteiger partial charge in [0.15, 0.2) is 0 Å². The van der Waals surface area contributed by atoms with Crippen molar-refractivity contribution in [3.63, 3.8) is 0 Å². The van der Waals surface area contributed by atoms with Crippen LogP contribution in [0.15, 0.2) is 30.3 Å². The van der Waals surface area contributed by atoms with Gasteiger partial charge in [0.05, 0.1) is 19.1 Å². The molecule has 0 N–H and O–H groups in total. The molecule has 3 heteroatoms. The van der Waals surface area contributed by atoms with E-state index >= 15 is 0 Å². The average Bonchev–Trinajstić information content (AvgIpc) is 2.40. The molecule has 1 aliphatic carbocycles. The SMILES string of the molecule is COC(=O)[C@H]1CC[C@H](Oc2ccccc2)CC1. The fourth-order valence-electron chi connectivity index (χ4n) is 2.27. The van der Waals surface area contributed by atoms with Crippen molar-refractivity contribution in [1.82, 2.24) is 0 Å². The van der Waals surface area contributed by atoms with Gasteiger partial charge in [-0.25, -0.2) is 0 Å². The molecular formula is C14H18O3. The first-order chi connectivity index (χ1) is 8.29. The number of carbonyl (C=O) groups excluding carboxylic acids is 1. The van der Waals surface area contributed by atoms with Gasteiger partial charge < -0.3 is 9.47 Å². The lowest BCUT2D eigenvalue weighted by Crippen LogP contribution is -2.28. The van der Waals surface area contributed by atoms with Gasteiger partial charge in [-0.3, -0.25) is 4.79 Å². The molecule has 1 aromatic carbocycles. The van der Waals surface area contributed by atoms with E-state index < -0.39 is 0 Å². The molecule has 1 fully saturated rings. The fourth-order valence-corrected chi connectivity index (χ4v) is 2.27. The Hall–Kier alpha value is -1.51. The molecular weight excluding hydrogens is 216 g/mol. The molecule has 2 rings (SSSR count). The molecule has 1 aliphatic rings. The summed E-state index contributed by atoms with van der Waals surface area (Å²) < 4.78 is 10.6. The van der Waals surface area contributed by atoms with E-state index in [1.165, 1.54) is 7.11 Å². The summed E-state index contributed by atoms with van der Waals surface area (Å²) in [6.07, 6.45) is 3.82. The maximum atomic E-state index is 11.4. The van der Waals surface area contributed by atoms with Crippen LogP contribution >= 0.6 is 0 Å². The van der Waals surface area contributed by atoms with E-state index in [0.717, 1.165) is 31.4 Å². The lowest BCUT2D eigenvalue weighted by molar-refractivity contribution is -0.147. The topological polar surface area (TPSA) is 35.5 Å². The standard InChI is InChI=1S/C14H18O3/c1-16-14(15)11-7-9-13(10-8-11)17-12-5-3-2-4-6-12/h2-6,11,13H,7-10H2,1H3/t11-,13-. The van der Waals surface area contributed by atoms with Crippen molar-refractivity contribution in [1.29, 1.82) is 0 Å². The van der Waals surface area contributed by atoms with Crippen LogP contribution in [0.5, 0.6) is 5.75 Å². The van der Waals surface area contributed by atoms with Gasteiger partial charge >= 0.3 is 5.97 Å². The van der Waals surface area contributed by atoms with E-state index in [4.69, 9.17) is 9.47 Å². The van der Waals surface area contributed by atoms with Crippen LogP contribution in [0, 0.1) is 5.92 Å². The molecule has 0 amide bonds. The Morgan fingerprint density at radius 3 is 2.35 bits per heavy atom. The summed E-state index contributed by atoms with van der Waals surface area (Å²) in [5.41, 5.74) is 0. The summed E-state index contributed by atoms with van der Waals surface area (Å²) >= 11 is 0. The average molecular weight is 234 g/mol. The second kappa shape index (κ2) is 5.71. The van der Waals surface area contributed by atoms with E-state index in [0.29, 0.717) is 0 Å². The number of benzene rings is 1. The highest BCUT2D eigenvalue weighted by Crippen LogP contribution is 2.28. The molecule has 0 spiro atoms. The second-order valence-electron chi connectivity index (χ2n) is 4.43. The molecule has 3 nitrogen and oxygen atoms in total. The van der Waals surface area contributed by atoms with Crippen LogP contribution in [0.4, 0.5) is 0 Å². The van der Waals surface area contributed by atoms with E-state index in [-0.39, 0.29) is 18.0 Å². The van der Waals surface area contributed by atoms with E-state index in [1.807, 2.05) is 30.3 Å². The molecule has 0 aliphatic heterocycles. The van der Waals surface area contributed by atoms with Crippen LogP contribution in [-0.4, -0.2) is 19.2 Å². The Bertz CT molecular complexity index is 353. The van der Waals surface area contributed by atoms with Gasteiger partial charge in [0, 0.05) is 0 Å². The van der Waals surface area contributed by atoms with Crippen molar-refractivity contribution in [2.75, 3.05) is 7.11 Å².